The van der Waals surface area contributed by atoms with E-state index in [0.717, 1.165) is 13.1 Å². The molecule has 1 unspecified atom stereocenters. The Morgan fingerprint density at radius 1 is 1.45 bits per heavy atom. The molecule has 11 heavy (non-hydrogen) atoms. The van der Waals surface area contributed by atoms with E-state index in [9.17, 15) is 4.79 Å². The van der Waals surface area contributed by atoms with Gasteiger partial charge in [-0.2, -0.15) is 0 Å². The van der Waals surface area contributed by atoms with Crippen LogP contribution in [0.25, 0.3) is 0 Å². The molecule has 0 radical (unpaired) electrons. The average Bonchev–Trinajstić information content (AvgIpc) is 2.06. The van der Waals surface area contributed by atoms with Gasteiger partial charge in [-0.05, 0) is 11.6 Å². The minimum atomic E-state index is 0.0845. The SMILES string of the molecule is O=C1C=CC=C2CNNCC12. The smallest absolute Gasteiger partial charge is 0.164 e. The lowest BCUT2D eigenvalue weighted by atomic mass is 9.89. The van der Waals surface area contributed by atoms with E-state index < -0.39 is 0 Å². The molecule has 0 aromatic rings. The Morgan fingerprint density at radius 2 is 2.36 bits per heavy atom. The largest absolute Gasteiger partial charge is 0.294 e. The number of hydrogen-bond acceptors (Lipinski definition) is 3. The van der Waals surface area contributed by atoms with Crippen LogP contribution in [0, 0.1) is 5.92 Å². The molecule has 1 heterocycles. The third kappa shape index (κ3) is 1.13. The number of carbonyl (C=O) groups is 1. The van der Waals surface area contributed by atoms with Crippen LogP contribution in [0.1, 0.15) is 0 Å². The van der Waals surface area contributed by atoms with Crippen molar-refractivity contribution in [2.24, 2.45) is 5.92 Å². The molecule has 0 aromatic carbocycles. The van der Waals surface area contributed by atoms with Crippen LogP contribution in [-0.4, -0.2) is 18.9 Å². The zero-order valence-corrected chi connectivity index (χ0v) is 6.13. The Hall–Kier alpha value is -0.930. The zero-order valence-electron chi connectivity index (χ0n) is 6.13. The van der Waals surface area contributed by atoms with Gasteiger partial charge in [-0.1, -0.05) is 12.2 Å². The molecule has 0 aromatic heterocycles. The molecule has 0 saturated carbocycles. The van der Waals surface area contributed by atoms with E-state index in [4.69, 9.17) is 0 Å². The third-order valence-corrected chi connectivity index (χ3v) is 2.09. The zero-order chi connectivity index (χ0) is 7.68. The second-order valence-corrected chi connectivity index (χ2v) is 2.79. The molecule has 3 nitrogen and oxygen atoms in total. The fourth-order valence-electron chi connectivity index (χ4n) is 1.43. The Kier molecular flexibility index (Phi) is 1.60. The minimum Gasteiger partial charge on any atom is -0.294 e. The van der Waals surface area contributed by atoms with Gasteiger partial charge in [0.05, 0.1) is 5.92 Å². The van der Waals surface area contributed by atoms with Crippen LogP contribution in [0.5, 0.6) is 0 Å². The Morgan fingerprint density at radius 3 is 3.18 bits per heavy atom. The minimum absolute atomic E-state index is 0.0845. The first-order valence-electron chi connectivity index (χ1n) is 3.74. The van der Waals surface area contributed by atoms with Crippen molar-refractivity contribution in [2.45, 2.75) is 0 Å². The van der Waals surface area contributed by atoms with Crippen LogP contribution in [-0.2, 0) is 4.79 Å². The summed E-state index contributed by atoms with van der Waals surface area (Å²) in [5.41, 5.74) is 7.16. The van der Waals surface area contributed by atoms with Crippen LogP contribution >= 0.6 is 0 Å². The maximum atomic E-state index is 11.2. The number of hydrogen-bond donors (Lipinski definition) is 2. The highest BCUT2D eigenvalue weighted by molar-refractivity contribution is 5.95. The van der Waals surface area contributed by atoms with Crippen molar-refractivity contribution in [1.82, 2.24) is 10.9 Å². The molecule has 0 spiro atoms. The lowest BCUT2D eigenvalue weighted by Gasteiger charge is -2.26. The molecule has 1 aliphatic heterocycles. The quantitative estimate of drug-likeness (QED) is 0.501. The van der Waals surface area contributed by atoms with Gasteiger partial charge in [0.15, 0.2) is 5.78 Å². The van der Waals surface area contributed by atoms with Crippen molar-refractivity contribution < 1.29 is 4.79 Å². The number of carbonyl (C=O) groups excluding carboxylic acids is 1. The normalized spacial score (nSPS) is 29.6. The number of allylic oxidation sites excluding steroid dienone is 3. The maximum absolute atomic E-state index is 11.2. The van der Waals surface area contributed by atoms with Gasteiger partial charge >= 0.3 is 0 Å². The molecule has 0 bridgehead atoms. The Balaban J connectivity index is 2.25. The molecule has 2 aliphatic rings. The van der Waals surface area contributed by atoms with E-state index in [-0.39, 0.29) is 11.7 Å². The van der Waals surface area contributed by atoms with Gasteiger partial charge in [-0.25, -0.2) is 0 Å². The van der Waals surface area contributed by atoms with Gasteiger partial charge in [0.1, 0.15) is 0 Å². The molecule has 1 atom stereocenters. The third-order valence-electron chi connectivity index (χ3n) is 2.09. The van der Waals surface area contributed by atoms with Crippen LogP contribution in [0.4, 0.5) is 0 Å². The summed E-state index contributed by atoms with van der Waals surface area (Å²) in [7, 11) is 0. The summed E-state index contributed by atoms with van der Waals surface area (Å²) in [6.07, 6.45) is 5.47. The van der Waals surface area contributed by atoms with E-state index in [1.807, 2.05) is 12.2 Å². The molecule has 0 amide bonds. The first-order chi connectivity index (χ1) is 5.38. The summed E-state index contributed by atoms with van der Waals surface area (Å²) in [4.78, 5) is 11.2. The number of rotatable bonds is 0. The first-order valence-corrected chi connectivity index (χ1v) is 3.74. The molecular formula is C8H10N2O. The molecule has 1 aliphatic carbocycles. The van der Waals surface area contributed by atoms with Crippen molar-refractivity contribution in [3.63, 3.8) is 0 Å². The average molecular weight is 150 g/mol. The van der Waals surface area contributed by atoms with Gasteiger partial charge in [0.25, 0.3) is 0 Å². The van der Waals surface area contributed by atoms with Gasteiger partial charge in [0.2, 0.25) is 0 Å². The van der Waals surface area contributed by atoms with Crippen LogP contribution < -0.4 is 10.9 Å². The highest BCUT2D eigenvalue weighted by Gasteiger charge is 2.24. The van der Waals surface area contributed by atoms with Crippen molar-refractivity contribution in [2.75, 3.05) is 13.1 Å². The Labute approximate surface area is 65.1 Å². The molecule has 2 N–H and O–H groups in total. The second-order valence-electron chi connectivity index (χ2n) is 2.79. The second kappa shape index (κ2) is 2.60. The van der Waals surface area contributed by atoms with Crippen LogP contribution in [0.15, 0.2) is 23.8 Å². The number of fused-ring (bicyclic) bond motifs is 1. The summed E-state index contributed by atoms with van der Waals surface area (Å²) < 4.78 is 0. The number of hydrazine groups is 1. The Bertz CT molecular complexity index is 242. The van der Waals surface area contributed by atoms with Gasteiger partial charge < -0.3 is 0 Å². The summed E-state index contributed by atoms with van der Waals surface area (Å²) in [6, 6.07) is 0. The molecular weight excluding hydrogens is 140 g/mol. The highest BCUT2D eigenvalue weighted by Crippen LogP contribution is 2.17. The summed E-state index contributed by atoms with van der Waals surface area (Å²) >= 11 is 0. The van der Waals surface area contributed by atoms with Crippen molar-refractivity contribution in [3.05, 3.63) is 23.8 Å². The summed E-state index contributed by atoms with van der Waals surface area (Å²) in [6.45, 7) is 1.50. The lowest BCUT2D eigenvalue weighted by molar-refractivity contribution is -0.117. The van der Waals surface area contributed by atoms with E-state index >= 15 is 0 Å². The first kappa shape index (κ1) is 6.76. The summed E-state index contributed by atoms with van der Waals surface area (Å²) in [5, 5.41) is 0. The van der Waals surface area contributed by atoms with E-state index in [1.165, 1.54) is 5.57 Å². The molecule has 1 saturated heterocycles. The van der Waals surface area contributed by atoms with Crippen molar-refractivity contribution in [3.8, 4) is 0 Å². The molecule has 3 heteroatoms. The van der Waals surface area contributed by atoms with Crippen molar-refractivity contribution in [1.29, 1.82) is 0 Å². The maximum Gasteiger partial charge on any atom is 0.164 e. The van der Waals surface area contributed by atoms with Gasteiger partial charge in [-0.3, -0.25) is 15.6 Å². The number of nitrogens with one attached hydrogen (secondary N) is 2. The number of ketones is 1. The summed E-state index contributed by atoms with van der Waals surface area (Å²) in [5.74, 6) is 0.303. The highest BCUT2D eigenvalue weighted by atomic mass is 16.1. The topological polar surface area (TPSA) is 41.1 Å². The van der Waals surface area contributed by atoms with Gasteiger partial charge in [-0.15, -0.1) is 0 Å². The van der Waals surface area contributed by atoms with E-state index in [1.54, 1.807) is 6.08 Å². The monoisotopic (exact) mass is 150 g/mol. The molecule has 58 valence electrons. The lowest BCUT2D eigenvalue weighted by Crippen LogP contribution is -2.47. The van der Waals surface area contributed by atoms with Crippen LogP contribution in [0.3, 0.4) is 0 Å². The van der Waals surface area contributed by atoms with Crippen LogP contribution in [0.2, 0.25) is 0 Å². The van der Waals surface area contributed by atoms with E-state index in [0.29, 0.717) is 0 Å². The molecule has 1 fully saturated rings. The van der Waals surface area contributed by atoms with Gasteiger partial charge in [0, 0.05) is 13.1 Å². The predicted molar refractivity (Wildman–Crippen MR) is 41.7 cm³/mol. The van der Waals surface area contributed by atoms with E-state index in [2.05, 4.69) is 10.9 Å². The standard InChI is InChI=1S/C8H10N2O/c11-8-3-1-2-6-4-9-10-5-7(6)8/h1-3,7,9-10H,4-5H2. The fourth-order valence-corrected chi connectivity index (χ4v) is 1.43. The predicted octanol–water partition coefficient (Wildman–Crippen LogP) is -0.224. The molecule has 2 rings (SSSR count). The van der Waals surface area contributed by atoms with Crippen molar-refractivity contribution >= 4 is 5.78 Å². The fraction of sp³-hybridized carbons (Fsp3) is 0.375.